The molecule has 4 N–H and O–H groups in total. The first-order valence-corrected chi connectivity index (χ1v) is 8.55. The predicted molar refractivity (Wildman–Crippen MR) is 92.5 cm³/mol. The number of carboxylic acid groups (broad SMARTS) is 2. The summed E-state index contributed by atoms with van der Waals surface area (Å²) in [7, 11) is -3.90. The number of carbonyl (C=O) groups is 2. The van der Waals surface area contributed by atoms with Gasteiger partial charge in [-0.1, -0.05) is 5.11 Å². The van der Waals surface area contributed by atoms with Crippen LogP contribution in [0.1, 0.15) is 25.7 Å². The van der Waals surface area contributed by atoms with Crippen LogP contribution in [0.5, 0.6) is 0 Å². The van der Waals surface area contributed by atoms with Crippen molar-refractivity contribution in [3.05, 3.63) is 39.6 Å². The van der Waals surface area contributed by atoms with E-state index < -0.39 is 22.1 Å². The Bertz CT molecular complexity index is 749. The average molecular weight is 405 g/mol. The van der Waals surface area contributed by atoms with Crippen LogP contribution in [0.2, 0.25) is 0 Å². The number of aromatic nitrogens is 2. The monoisotopic (exact) mass is 405 g/mol. The zero-order valence-corrected chi connectivity index (χ0v) is 14.9. The van der Waals surface area contributed by atoms with Crippen LogP contribution in [0.3, 0.4) is 0 Å². The van der Waals surface area contributed by atoms with Crippen LogP contribution in [0, 0.1) is 0 Å². The van der Waals surface area contributed by atoms with Crippen LogP contribution in [0.4, 0.5) is 0 Å². The van der Waals surface area contributed by atoms with Crippen LogP contribution < -0.4 is 5.73 Å². The van der Waals surface area contributed by atoms with E-state index in [-0.39, 0.29) is 19.4 Å². The Hall–Kier alpha value is -3.32. The van der Waals surface area contributed by atoms with Crippen molar-refractivity contribution in [1.29, 1.82) is 0 Å². The Morgan fingerprint density at radius 3 is 2.11 bits per heavy atom. The fourth-order valence-electron chi connectivity index (χ4n) is 1.07. The lowest BCUT2D eigenvalue weighted by Gasteiger charge is -1.92. The molecule has 0 spiro atoms. The maximum absolute atomic E-state index is 10.8. The zero-order chi connectivity index (χ0) is 21.1. The zero-order valence-electron chi connectivity index (χ0n) is 14.1. The van der Waals surface area contributed by atoms with Gasteiger partial charge >= 0.3 is 22.1 Å². The molecule has 0 unspecified atom stereocenters. The smallest absolute Gasteiger partial charge is 0.329 e. The van der Waals surface area contributed by atoms with E-state index in [1.54, 1.807) is 0 Å². The molecule has 0 bridgehead atoms. The summed E-state index contributed by atoms with van der Waals surface area (Å²) in [5.74, 6) is -1.63. The second-order valence-corrected chi connectivity index (χ2v) is 5.76. The molecule has 1 rings (SSSR count). The standard InChI is InChI=1S/C4H7N3O2.C4H9NO2.C3H3N5O2S/c5-7-6-3-1-2-4(8)9;5-3-1-2-4(6)7;4-6-7-11(9,10)8-2-1-5-3-8/h1-3H2,(H,8,9);1-3,5H2,(H,6,7);1-3H. The number of rotatable bonds is 9. The van der Waals surface area contributed by atoms with E-state index >= 15 is 0 Å². The molecule has 0 aromatic carbocycles. The second-order valence-electron chi connectivity index (χ2n) is 4.28. The number of aliphatic carboxylic acids is 2. The molecule has 0 atom stereocenters. The number of carboxylic acids is 2. The van der Waals surface area contributed by atoms with Crippen molar-refractivity contribution in [2.45, 2.75) is 25.7 Å². The average Bonchev–Trinajstić information content (AvgIpc) is 3.13. The number of nitrogens with two attached hydrogens (primary N) is 1. The molecule has 0 aliphatic heterocycles. The van der Waals surface area contributed by atoms with E-state index in [1.165, 1.54) is 12.4 Å². The van der Waals surface area contributed by atoms with Gasteiger partial charge in [-0.25, -0.2) is 8.96 Å². The molecule has 0 aliphatic carbocycles. The maximum atomic E-state index is 10.8. The van der Waals surface area contributed by atoms with E-state index in [2.05, 4.69) is 24.4 Å². The lowest BCUT2D eigenvalue weighted by Crippen LogP contribution is -2.05. The molecule has 15 nitrogen and oxygen atoms in total. The van der Waals surface area contributed by atoms with Gasteiger partial charge in [-0.3, -0.25) is 9.59 Å². The van der Waals surface area contributed by atoms with Crippen LogP contribution in [-0.2, 0) is 19.8 Å². The van der Waals surface area contributed by atoms with E-state index in [4.69, 9.17) is 27.0 Å². The van der Waals surface area contributed by atoms with Gasteiger partial charge in [-0.15, -0.1) is 0 Å². The number of hydrogen-bond acceptors (Lipinski definition) is 7. The van der Waals surface area contributed by atoms with Gasteiger partial charge in [0, 0.05) is 41.6 Å². The van der Waals surface area contributed by atoms with E-state index in [1.807, 2.05) is 0 Å². The van der Waals surface area contributed by atoms with E-state index in [0.717, 1.165) is 6.33 Å². The first-order chi connectivity index (χ1) is 12.7. The minimum Gasteiger partial charge on any atom is -0.481 e. The first kappa shape index (κ1) is 25.9. The molecule has 150 valence electrons. The van der Waals surface area contributed by atoms with Crippen LogP contribution in [-0.4, -0.2) is 52.6 Å². The van der Waals surface area contributed by atoms with Crippen molar-refractivity contribution >= 4 is 22.1 Å². The Morgan fingerprint density at radius 1 is 1.15 bits per heavy atom. The van der Waals surface area contributed by atoms with Gasteiger partial charge in [0.05, 0.1) is 4.52 Å². The molecule has 1 heterocycles. The highest BCUT2D eigenvalue weighted by atomic mass is 32.2. The molecule has 0 saturated carbocycles. The lowest BCUT2D eigenvalue weighted by molar-refractivity contribution is -0.138. The van der Waals surface area contributed by atoms with Gasteiger partial charge in [0.25, 0.3) is 0 Å². The molecule has 1 aromatic rings. The number of hydrogen-bond donors (Lipinski definition) is 3. The van der Waals surface area contributed by atoms with Crippen molar-refractivity contribution < 1.29 is 28.2 Å². The third-order valence-corrected chi connectivity index (χ3v) is 3.22. The third kappa shape index (κ3) is 17.3. The van der Waals surface area contributed by atoms with Gasteiger partial charge in [0.1, 0.15) is 6.33 Å². The Kier molecular flexibility index (Phi) is 15.5. The summed E-state index contributed by atoms with van der Waals surface area (Å²) in [5.41, 5.74) is 20.6. The minimum absolute atomic E-state index is 0.0685. The number of azide groups is 2. The SMILES string of the molecule is NCCCC(=O)O.[N-]=[N+]=NCCCC(=O)O.[N-]=[N+]=NS(=O)(=O)n1ccnc1. The molecular weight excluding hydrogens is 386 g/mol. The molecule has 16 heteroatoms. The Balaban J connectivity index is 0. The summed E-state index contributed by atoms with van der Waals surface area (Å²) >= 11 is 0. The van der Waals surface area contributed by atoms with Gasteiger partial charge < -0.3 is 15.9 Å². The second kappa shape index (κ2) is 16.2. The van der Waals surface area contributed by atoms with Crippen molar-refractivity contribution in [3.8, 4) is 0 Å². The van der Waals surface area contributed by atoms with E-state index in [9.17, 15) is 18.0 Å². The highest BCUT2D eigenvalue weighted by Crippen LogP contribution is 1.97. The molecule has 0 aliphatic rings. The summed E-state index contributed by atoms with van der Waals surface area (Å²) < 4.78 is 24.9. The minimum atomic E-state index is -3.90. The Morgan fingerprint density at radius 2 is 1.74 bits per heavy atom. The topological polar surface area (TPSA) is 250 Å². The quantitative estimate of drug-likeness (QED) is 0.232. The highest BCUT2D eigenvalue weighted by molar-refractivity contribution is 7.88. The number of nitrogens with zero attached hydrogens (tertiary/aromatic N) is 8. The summed E-state index contributed by atoms with van der Waals surface area (Å²) in [6.07, 6.45) is 4.72. The maximum Gasteiger partial charge on any atom is 0.329 e. The molecule has 0 amide bonds. The van der Waals surface area contributed by atoms with Gasteiger partial charge in [-0.05, 0) is 30.4 Å². The largest absolute Gasteiger partial charge is 0.481 e. The summed E-state index contributed by atoms with van der Waals surface area (Å²) in [4.78, 5) is 27.6. The van der Waals surface area contributed by atoms with Gasteiger partial charge in [0.2, 0.25) is 0 Å². The highest BCUT2D eigenvalue weighted by Gasteiger charge is 2.07. The number of imidazole rings is 1. The third-order valence-electron chi connectivity index (χ3n) is 2.19. The summed E-state index contributed by atoms with van der Waals surface area (Å²) in [5, 5.41) is 19.2. The molecule has 27 heavy (non-hydrogen) atoms. The van der Waals surface area contributed by atoms with Crippen molar-refractivity contribution in [2.75, 3.05) is 13.1 Å². The van der Waals surface area contributed by atoms with Crippen molar-refractivity contribution in [2.24, 2.45) is 15.4 Å². The van der Waals surface area contributed by atoms with Crippen molar-refractivity contribution in [3.63, 3.8) is 0 Å². The fourth-order valence-corrected chi connectivity index (χ4v) is 1.63. The molecule has 0 saturated heterocycles. The molecular formula is C11H19N9O6S. The predicted octanol–water partition coefficient (Wildman–Crippen LogP) is 1.26. The van der Waals surface area contributed by atoms with E-state index in [0.29, 0.717) is 23.4 Å². The van der Waals surface area contributed by atoms with Crippen LogP contribution in [0.15, 0.2) is 28.4 Å². The first-order valence-electron chi connectivity index (χ1n) is 7.15. The summed E-state index contributed by atoms with van der Waals surface area (Å²) in [6.45, 7) is 0.731. The van der Waals surface area contributed by atoms with Crippen LogP contribution in [0.25, 0.3) is 20.9 Å². The molecule has 0 fully saturated rings. The summed E-state index contributed by atoms with van der Waals surface area (Å²) in [6, 6.07) is 0. The molecule has 1 aromatic heterocycles. The lowest BCUT2D eigenvalue weighted by atomic mass is 10.3. The normalized spacial score (nSPS) is 9.22. The van der Waals surface area contributed by atoms with Gasteiger partial charge in [-0.2, -0.15) is 8.42 Å². The van der Waals surface area contributed by atoms with Crippen LogP contribution >= 0.6 is 0 Å². The van der Waals surface area contributed by atoms with Crippen molar-refractivity contribution in [1.82, 2.24) is 8.96 Å². The van der Waals surface area contributed by atoms with Gasteiger partial charge in [0.15, 0.2) is 0 Å². The Labute approximate surface area is 153 Å². The fraction of sp³-hybridized carbons (Fsp3) is 0.545. The molecule has 0 radical (unpaired) electrons.